The van der Waals surface area contributed by atoms with Gasteiger partial charge in [-0.2, -0.15) is 5.26 Å². The van der Waals surface area contributed by atoms with Crippen molar-refractivity contribution in [3.8, 4) is 6.07 Å². The van der Waals surface area contributed by atoms with E-state index in [-0.39, 0.29) is 39.5 Å². The normalized spacial score (nSPS) is 17.2. The van der Waals surface area contributed by atoms with Gasteiger partial charge >= 0.3 is 0 Å². The minimum Gasteiger partial charge on any atom is -0.397 e. The lowest BCUT2D eigenvalue weighted by molar-refractivity contribution is -0.384. The molecule has 1 unspecified atom stereocenters. The first kappa shape index (κ1) is 21.2. The molecule has 0 aromatic heterocycles. The van der Waals surface area contributed by atoms with Crippen LogP contribution >= 0.6 is 0 Å². The van der Waals surface area contributed by atoms with Crippen LogP contribution < -0.4 is 16.4 Å². The van der Waals surface area contributed by atoms with Gasteiger partial charge in [-0.15, -0.1) is 0 Å². The largest absolute Gasteiger partial charge is 0.397 e. The molecule has 0 bridgehead atoms. The molecule has 0 fully saturated rings. The number of rotatable bonds is 4. The van der Waals surface area contributed by atoms with Crippen LogP contribution in [0.25, 0.3) is 6.08 Å². The summed E-state index contributed by atoms with van der Waals surface area (Å²) in [6, 6.07) is 12.6. The number of nitro groups is 1. The Kier molecular flexibility index (Phi) is 5.29. The Labute approximate surface area is 186 Å². The van der Waals surface area contributed by atoms with Gasteiger partial charge in [-0.05, 0) is 23.8 Å². The smallest absolute Gasteiger partial charge is 0.269 e. The van der Waals surface area contributed by atoms with Crippen molar-refractivity contribution in [1.29, 1.82) is 5.26 Å². The van der Waals surface area contributed by atoms with Gasteiger partial charge in [0, 0.05) is 29.3 Å². The first-order chi connectivity index (χ1) is 15.8. The Bertz CT molecular complexity index is 1360. The molecule has 10 nitrogen and oxygen atoms in total. The molecule has 10 heteroatoms. The summed E-state index contributed by atoms with van der Waals surface area (Å²) in [6.07, 6.45) is 2.58. The Hall–Kier alpha value is -5.04. The van der Waals surface area contributed by atoms with Gasteiger partial charge in [0.25, 0.3) is 5.69 Å². The van der Waals surface area contributed by atoms with Gasteiger partial charge in [-0.3, -0.25) is 24.5 Å². The minimum atomic E-state index is -1.14. The Morgan fingerprint density at radius 2 is 1.82 bits per heavy atom. The third-order valence-electron chi connectivity index (χ3n) is 5.22. The van der Waals surface area contributed by atoms with Gasteiger partial charge in [-0.1, -0.05) is 24.3 Å². The zero-order valence-electron chi connectivity index (χ0n) is 16.9. The van der Waals surface area contributed by atoms with Crippen molar-refractivity contribution < 1.29 is 19.3 Å². The molecule has 0 spiro atoms. The van der Waals surface area contributed by atoms with Crippen LogP contribution in [0.15, 0.2) is 77.3 Å². The van der Waals surface area contributed by atoms with E-state index in [2.05, 4.69) is 10.6 Å². The van der Waals surface area contributed by atoms with E-state index in [1.54, 1.807) is 12.1 Å². The summed E-state index contributed by atoms with van der Waals surface area (Å²) in [6.45, 7) is 0. The van der Waals surface area contributed by atoms with E-state index < -0.39 is 28.4 Å². The molecule has 4 N–H and O–H groups in total. The SMILES string of the molecule is N#CC1=C(NC(=O)C=Cc2ccc([N+](=O)[O-])cc2)NC2C(=O)c3ccccc3C(=O)C2=C1N. The number of fused-ring (bicyclic) bond motifs is 2. The maximum absolute atomic E-state index is 13.0. The van der Waals surface area contributed by atoms with Crippen LogP contribution in [0.3, 0.4) is 0 Å². The summed E-state index contributed by atoms with van der Waals surface area (Å²) >= 11 is 0. The number of nitro benzene ring substituents is 1. The predicted molar refractivity (Wildman–Crippen MR) is 116 cm³/mol. The van der Waals surface area contributed by atoms with E-state index in [4.69, 9.17) is 5.73 Å². The number of Topliss-reactive ketones (excluding diaryl/α,β-unsaturated/α-hetero) is 2. The van der Waals surface area contributed by atoms with E-state index in [9.17, 15) is 29.8 Å². The van der Waals surface area contributed by atoms with Crippen molar-refractivity contribution in [3.63, 3.8) is 0 Å². The van der Waals surface area contributed by atoms with Crippen LogP contribution in [0.2, 0.25) is 0 Å². The lowest BCUT2D eigenvalue weighted by Crippen LogP contribution is -2.51. The second-order valence-electron chi connectivity index (χ2n) is 7.18. The summed E-state index contributed by atoms with van der Waals surface area (Å²) in [7, 11) is 0. The summed E-state index contributed by atoms with van der Waals surface area (Å²) < 4.78 is 0. The molecule has 2 aliphatic rings. The number of benzene rings is 2. The first-order valence-electron chi connectivity index (χ1n) is 9.64. The lowest BCUT2D eigenvalue weighted by Gasteiger charge is -2.32. The zero-order chi connectivity index (χ0) is 23.7. The van der Waals surface area contributed by atoms with Crippen molar-refractivity contribution in [2.24, 2.45) is 5.73 Å². The quantitative estimate of drug-likeness (QED) is 0.366. The molecular formula is C23H15N5O5. The minimum absolute atomic E-state index is 0.0327. The van der Waals surface area contributed by atoms with Gasteiger partial charge in [0.2, 0.25) is 5.91 Å². The fraction of sp³-hybridized carbons (Fsp3) is 0.0435. The van der Waals surface area contributed by atoms with Crippen LogP contribution in [0.4, 0.5) is 5.69 Å². The number of carbonyl (C=O) groups excluding carboxylic acids is 3. The third-order valence-corrected chi connectivity index (χ3v) is 5.22. The highest BCUT2D eigenvalue weighted by Gasteiger charge is 2.42. The fourth-order valence-electron chi connectivity index (χ4n) is 3.62. The standard InChI is InChI=1S/C23H15N5O5/c24-11-16-19(25)18-20(22(31)15-4-2-1-3-14(15)21(18)30)27-23(16)26-17(29)10-7-12-5-8-13(9-6-12)28(32)33/h1-10,20,27H,25H2,(H,26,29). The van der Waals surface area contributed by atoms with Crippen LogP contribution in [-0.2, 0) is 4.79 Å². The molecule has 0 radical (unpaired) electrons. The Morgan fingerprint density at radius 1 is 1.15 bits per heavy atom. The van der Waals surface area contributed by atoms with Crippen LogP contribution in [0.5, 0.6) is 0 Å². The number of allylic oxidation sites excluding steroid dienone is 1. The molecule has 2 aromatic rings. The number of non-ortho nitro benzene ring substituents is 1. The number of hydrogen-bond acceptors (Lipinski definition) is 8. The molecule has 1 aliphatic heterocycles. The van der Waals surface area contributed by atoms with E-state index in [1.165, 1.54) is 42.5 Å². The zero-order valence-corrected chi connectivity index (χ0v) is 16.9. The fourth-order valence-corrected chi connectivity index (χ4v) is 3.62. The van der Waals surface area contributed by atoms with Gasteiger partial charge < -0.3 is 16.4 Å². The van der Waals surface area contributed by atoms with E-state index in [0.717, 1.165) is 6.08 Å². The van der Waals surface area contributed by atoms with Gasteiger partial charge in [0.05, 0.1) is 16.2 Å². The number of dihydropyridines is 1. The highest BCUT2D eigenvalue weighted by Crippen LogP contribution is 2.31. The molecule has 0 saturated heterocycles. The van der Waals surface area contributed by atoms with Gasteiger partial charge in [-0.25, -0.2) is 0 Å². The number of nitriles is 1. The number of nitrogens with zero attached hydrogens (tertiary/aromatic N) is 2. The first-order valence-corrected chi connectivity index (χ1v) is 9.64. The van der Waals surface area contributed by atoms with Crippen LogP contribution in [-0.4, -0.2) is 28.4 Å². The number of hydrogen-bond donors (Lipinski definition) is 3. The topological polar surface area (TPSA) is 168 Å². The van der Waals surface area contributed by atoms with E-state index >= 15 is 0 Å². The number of nitrogens with two attached hydrogens (primary N) is 1. The number of amides is 1. The Balaban J connectivity index is 1.61. The van der Waals surface area contributed by atoms with Crippen molar-refractivity contribution in [2.75, 3.05) is 0 Å². The molecule has 1 amide bonds. The summed E-state index contributed by atoms with van der Waals surface area (Å²) in [4.78, 5) is 48.5. The van der Waals surface area contributed by atoms with Crippen molar-refractivity contribution in [1.82, 2.24) is 10.6 Å². The molecule has 2 aromatic carbocycles. The second kappa shape index (κ2) is 8.24. The predicted octanol–water partition coefficient (Wildman–Crippen LogP) is 1.72. The van der Waals surface area contributed by atoms with Gasteiger partial charge in [0.15, 0.2) is 11.6 Å². The monoisotopic (exact) mass is 441 g/mol. The average Bonchev–Trinajstić information content (AvgIpc) is 2.81. The van der Waals surface area contributed by atoms with E-state index in [1.807, 2.05) is 6.07 Å². The molecule has 0 saturated carbocycles. The summed E-state index contributed by atoms with van der Waals surface area (Å²) in [5.74, 6) is -1.61. The van der Waals surface area contributed by atoms with E-state index in [0.29, 0.717) is 5.56 Å². The lowest BCUT2D eigenvalue weighted by atomic mass is 9.79. The van der Waals surface area contributed by atoms with Crippen LogP contribution in [0, 0.1) is 21.4 Å². The Morgan fingerprint density at radius 3 is 2.45 bits per heavy atom. The highest BCUT2D eigenvalue weighted by atomic mass is 16.6. The summed E-state index contributed by atoms with van der Waals surface area (Å²) in [5, 5.41) is 25.5. The van der Waals surface area contributed by atoms with Gasteiger partial charge in [0.1, 0.15) is 23.5 Å². The third kappa shape index (κ3) is 3.75. The average molecular weight is 441 g/mol. The van der Waals surface area contributed by atoms with Crippen LogP contribution in [0.1, 0.15) is 26.3 Å². The van der Waals surface area contributed by atoms with Crippen molar-refractivity contribution in [3.05, 3.63) is 104 Å². The molecular weight excluding hydrogens is 426 g/mol. The summed E-state index contributed by atoms with van der Waals surface area (Å²) in [5.41, 5.74) is 6.58. The highest BCUT2D eigenvalue weighted by molar-refractivity contribution is 6.25. The molecule has 33 heavy (non-hydrogen) atoms. The molecule has 4 rings (SSSR count). The van der Waals surface area contributed by atoms with Crippen molar-refractivity contribution >= 4 is 29.2 Å². The maximum atomic E-state index is 13.0. The second-order valence-corrected chi connectivity index (χ2v) is 7.18. The molecule has 162 valence electrons. The molecule has 1 heterocycles. The molecule has 1 atom stereocenters. The number of ketones is 2. The molecule has 1 aliphatic carbocycles. The van der Waals surface area contributed by atoms with Crippen molar-refractivity contribution in [2.45, 2.75) is 6.04 Å². The maximum Gasteiger partial charge on any atom is 0.269 e. The number of carbonyl (C=O) groups is 3. The number of nitrogens with one attached hydrogen (secondary N) is 2.